The van der Waals surface area contributed by atoms with E-state index in [1.807, 2.05) is 0 Å². The van der Waals surface area contributed by atoms with E-state index in [0.717, 1.165) is 5.82 Å². The van der Waals surface area contributed by atoms with Crippen molar-refractivity contribution in [2.45, 2.75) is 6.54 Å². The number of aromatic nitrogens is 2. The average molecular weight is 265 g/mol. The van der Waals surface area contributed by atoms with Crippen LogP contribution in [0.25, 0.3) is 0 Å². The summed E-state index contributed by atoms with van der Waals surface area (Å²) in [5.74, 6) is 0.550. The molecule has 94 valence electrons. The fourth-order valence-electron chi connectivity index (χ4n) is 1.59. The molecule has 1 aromatic carbocycles. The van der Waals surface area contributed by atoms with Gasteiger partial charge in [-0.2, -0.15) is 0 Å². The van der Waals surface area contributed by atoms with Gasteiger partial charge in [0.25, 0.3) is 5.91 Å². The molecule has 5 nitrogen and oxygen atoms in total. The van der Waals surface area contributed by atoms with Crippen LogP contribution in [0.3, 0.4) is 0 Å². The summed E-state index contributed by atoms with van der Waals surface area (Å²) in [6.45, 7) is 0.395. The number of carbonyl (C=O) groups excluding carboxylic acids is 1. The quantitative estimate of drug-likeness (QED) is 0.832. The molecular formula is C12H13ClN4O. The van der Waals surface area contributed by atoms with Crippen LogP contribution in [-0.4, -0.2) is 27.8 Å². The number of anilines is 1. The van der Waals surface area contributed by atoms with Crippen molar-refractivity contribution in [3.8, 4) is 0 Å². The second-order valence-electron chi connectivity index (χ2n) is 3.94. The summed E-state index contributed by atoms with van der Waals surface area (Å²) < 4.78 is 0. The molecule has 1 amide bonds. The summed E-state index contributed by atoms with van der Waals surface area (Å²) in [5.41, 5.74) is 6.55. The van der Waals surface area contributed by atoms with Gasteiger partial charge < -0.3 is 15.6 Å². The summed E-state index contributed by atoms with van der Waals surface area (Å²) >= 11 is 6.00. The Kier molecular flexibility index (Phi) is 3.53. The molecule has 0 radical (unpaired) electrons. The number of imidazole rings is 1. The molecule has 3 N–H and O–H groups in total. The van der Waals surface area contributed by atoms with Crippen molar-refractivity contribution in [2.24, 2.45) is 0 Å². The molecule has 0 aliphatic rings. The monoisotopic (exact) mass is 264 g/mol. The number of rotatable bonds is 3. The molecule has 0 saturated carbocycles. The van der Waals surface area contributed by atoms with Crippen molar-refractivity contribution in [3.63, 3.8) is 0 Å². The maximum atomic E-state index is 12.2. The zero-order valence-electron chi connectivity index (χ0n) is 9.85. The predicted molar refractivity (Wildman–Crippen MR) is 70.2 cm³/mol. The summed E-state index contributed by atoms with van der Waals surface area (Å²) in [4.78, 5) is 20.7. The molecule has 2 aromatic rings. The number of aromatic amines is 1. The van der Waals surface area contributed by atoms with Crippen LogP contribution in [0.5, 0.6) is 0 Å². The van der Waals surface area contributed by atoms with Crippen LogP contribution in [0.15, 0.2) is 30.6 Å². The Bertz CT molecular complexity index is 553. The van der Waals surface area contributed by atoms with E-state index >= 15 is 0 Å². The van der Waals surface area contributed by atoms with Gasteiger partial charge in [-0.05, 0) is 18.2 Å². The van der Waals surface area contributed by atoms with E-state index in [-0.39, 0.29) is 5.91 Å². The van der Waals surface area contributed by atoms with Gasteiger partial charge in [0.1, 0.15) is 5.82 Å². The summed E-state index contributed by atoms with van der Waals surface area (Å²) in [7, 11) is 1.69. The molecular weight excluding hydrogens is 252 g/mol. The number of hydrogen-bond donors (Lipinski definition) is 2. The Morgan fingerprint density at radius 1 is 1.56 bits per heavy atom. The van der Waals surface area contributed by atoms with Gasteiger partial charge in [-0.1, -0.05) is 11.6 Å². The highest BCUT2D eigenvalue weighted by Crippen LogP contribution is 2.20. The minimum absolute atomic E-state index is 0.170. The molecule has 0 unspecified atom stereocenters. The standard InChI is InChI=1S/C12H13ClN4O/c1-17(7-11-15-4-5-16-11)12(18)9-3-2-8(14)6-10(9)13/h2-6H,7,14H2,1H3,(H,15,16). The van der Waals surface area contributed by atoms with Crippen molar-refractivity contribution >= 4 is 23.2 Å². The number of nitrogens with zero attached hydrogens (tertiary/aromatic N) is 2. The van der Waals surface area contributed by atoms with Crippen LogP contribution in [-0.2, 0) is 6.54 Å². The van der Waals surface area contributed by atoms with Crippen molar-refractivity contribution < 1.29 is 4.79 Å². The number of halogens is 1. The van der Waals surface area contributed by atoms with Crippen molar-refractivity contribution in [3.05, 3.63) is 47.0 Å². The number of nitrogen functional groups attached to an aromatic ring is 1. The number of nitrogens with two attached hydrogens (primary N) is 1. The topological polar surface area (TPSA) is 75.0 Å². The summed E-state index contributed by atoms with van der Waals surface area (Å²) in [6, 6.07) is 4.84. The maximum Gasteiger partial charge on any atom is 0.255 e. The van der Waals surface area contributed by atoms with Crippen LogP contribution in [0, 0.1) is 0 Å². The molecule has 0 aliphatic carbocycles. The van der Waals surface area contributed by atoms with Gasteiger partial charge in [0, 0.05) is 25.1 Å². The molecule has 18 heavy (non-hydrogen) atoms. The minimum Gasteiger partial charge on any atom is -0.399 e. The Hall–Kier alpha value is -2.01. The molecule has 0 fully saturated rings. The summed E-state index contributed by atoms with van der Waals surface area (Å²) in [5, 5.41) is 0.353. The van der Waals surface area contributed by atoms with Crippen LogP contribution < -0.4 is 5.73 Å². The fraction of sp³-hybridized carbons (Fsp3) is 0.167. The lowest BCUT2D eigenvalue weighted by atomic mass is 10.2. The van der Waals surface area contributed by atoms with Crippen LogP contribution in [0.4, 0.5) is 5.69 Å². The number of hydrogen-bond acceptors (Lipinski definition) is 3. The number of H-pyrrole nitrogens is 1. The van der Waals surface area contributed by atoms with Gasteiger partial charge >= 0.3 is 0 Å². The van der Waals surface area contributed by atoms with Gasteiger partial charge in [0.15, 0.2) is 0 Å². The lowest BCUT2D eigenvalue weighted by Crippen LogP contribution is -2.27. The second kappa shape index (κ2) is 5.10. The highest BCUT2D eigenvalue weighted by atomic mass is 35.5. The Labute approximate surface area is 110 Å². The highest BCUT2D eigenvalue weighted by molar-refractivity contribution is 6.34. The zero-order chi connectivity index (χ0) is 13.1. The molecule has 6 heteroatoms. The van der Waals surface area contributed by atoms with Crippen molar-refractivity contribution in [2.75, 3.05) is 12.8 Å². The van der Waals surface area contributed by atoms with E-state index in [1.165, 1.54) is 4.90 Å². The first-order chi connectivity index (χ1) is 8.58. The Balaban J connectivity index is 2.15. The smallest absolute Gasteiger partial charge is 0.255 e. The first-order valence-electron chi connectivity index (χ1n) is 5.36. The summed E-state index contributed by atoms with van der Waals surface area (Å²) in [6.07, 6.45) is 3.35. The van der Waals surface area contributed by atoms with Gasteiger partial charge in [0.05, 0.1) is 17.1 Å². The first-order valence-corrected chi connectivity index (χ1v) is 5.74. The van der Waals surface area contributed by atoms with E-state index in [2.05, 4.69) is 9.97 Å². The van der Waals surface area contributed by atoms with Crippen LogP contribution in [0.1, 0.15) is 16.2 Å². The number of benzene rings is 1. The van der Waals surface area contributed by atoms with Gasteiger partial charge in [0.2, 0.25) is 0 Å². The van der Waals surface area contributed by atoms with Crippen molar-refractivity contribution in [1.29, 1.82) is 0 Å². The molecule has 0 bridgehead atoms. The molecule has 0 spiro atoms. The van der Waals surface area contributed by atoms with Crippen LogP contribution in [0.2, 0.25) is 5.02 Å². The Morgan fingerprint density at radius 2 is 2.33 bits per heavy atom. The van der Waals surface area contributed by atoms with E-state index < -0.39 is 0 Å². The van der Waals surface area contributed by atoms with Crippen LogP contribution >= 0.6 is 11.6 Å². The lowest BCUT2D eigenvalue weighted by Gasteiger charge is -2.16. The molecule has 0 atom stereocenters. The van der Waals surface area contributed by atoms with E-state index in [9.17, 15) is 4.79 Å². The zero-order valence-corrected chi connectivity index (χ0v) is 10.6. The van der Waals surface area contributed by atoms with Gasteiger partial charge in [-0.3, -0.25) is 4.79 Å². The number of amides is 1. The van der Waals surface area contributed by atoms with Gasteiger partial charge in [-0.25, -0.2) is 4.98 Å². The Morgan fingerprint density at radius 3 is 2.94 bits per heavy atom. The molecule has 0 saturated heterocycles. The largest absolute Gasteiger partial charge is 0.399 e. The molecule has 1 heterocycles. The fourth-order valence-corrected chi connectivity index (χ4v) is 1.86. The predicted octanol–water partition coefficient (Wildman–Crippen LogP) is 1.92. The van der Waals surface area contributed by atoms with Crippen molar-refractivity contribution in [1.82, 2.24) is 14.9 Å². The van der Waals surface area contributed by atoms with Gasteiger partial charge in [-0.15, -0.1) is 0 Å². The number of nitrogens with one attached hydrogen (secondary N) is 1. The van der Waals surface area contributed by atoms with E-state index in [4.69, 9.17) is 17.3 Å². The first kappa shape index (κ1) is 12.4. The SMILES string of the molecule is CN(Cc1ncc[nH]1)C(=O)c1ccc(N)cc1Cl. The third-order valence-electron chi connectivity index (χ3n) is 2.51. The lowest BCUT2D eigenvalue weighted by molar-refractivity contribution is 0.0782. The number of carbonyl (C=O) groups is 1. The second-order valence-corrected chi connectivity index (χ2v) is 4.34. The maximum absolute atomic E-state index is 12.2. The third kappa shape index (κ3) is 2.62. The minimum atomic E-state index is -0.170. The molecule has 0 aliphatic heterocycles. The molecule has 2 rings (SSSR count). The average Bonchev–Trinajstić information content (AvgIpc) is 2.81. The third-order valence-corrected chi connectivity index (χ3v) is 2.82. The van der Waals surface area contributed by atoms with E-state index in [1.54, 1.807) is 37.6 Å². The normalized spacial score (nSPS) is 10.3. The highest BCUT2D eigenvalue weighted by Gasteiger charge is 2.16. The van der Waals surface area contributed by atoms with E-state index in [0.29, 0.717) is 22.8 Å². The molecule has 1 aromatic heterocycles.